The summed E-state index contributed by atoms with van der Waals surface area (Å²) in [6, 6.07) is 5.77. The second kappa shape index (κ2) is 7.83. The molecule has 2 aliphatic rings. The lowest BCUT2D eigenvalue weighted by Gasteiger charge is -2.43. The van der Waals surface area contributed by atoms with Crippen LogP contribution >= 0.6 is 23.2 Å². The largest absolute Gasteiger partial charge is 0.416 e. The molecule has 4 rings (SSSR count). The lowest BCUT2D eigenvalue weighted by molar-refractivity contribution is -0.138. The molecule has 168 valence electrons. The maximum absolute atomic E-state index is 13.2. The van der Waals surface area contributed by atoms with Crippen molar-refractivity contribution in [2.75, 3.05) is 13.2 Å². The van der Waals surface area contributed by atoms with Gasteiger partial charge in [-0.1, -0.05) is 41.8 Å². The Hall–Kier alpha value is -1.48. The molecule has 0 bridgehead atoms. The van der Waals surface area contributed by atoms with Gasteiger partial charge in [0, 0.05) is 33.8 Å². The van der Waals surface area contributed by atoms with Crippen LogP contribution in [0.5, 0.6) is 0 Å². The SMILES string of the molecule is FC(F)(F)c1ccc(C2(c3ccc(C(F)(F)F)cc3Cl)OCC3CCCCN32)c(Cl)c1. The Bertz CT molecular complexity index is 927. The topological polar surface area (TPSA) is 12.5 Å². The molecule has 2 fully saturated rings. The van der Waals surface area contributed by atoms with Gasteiger partial charge in [0.25, 0.3) is 0 Å². The van der Waals surface area contributed by atoms with Crippen LogP contribution < -0.4 is 0 Å². The summed E-state index contributed by atoms with van der Waals surface area (Å²) in [6.07, 6.45) is -6.64. The maximum Gasteiger partial charge on any atom is 0.416 e. The van der Waals surface area contributed by atoms with Crippen molar-refractivity contribution in [2.24, 2.45) is 0 Å². The van der Waals surface area contributed by atoms with Gasteiger partial charge in [-0.25, -0.2) is 0 Å². The van der Waals surface area contributed by atoms with Gasteiger partial charge in [0.1, 0.15) is 0 Å². The number of halogens is 8. The molecule has 0 amide bonds. The van der Waals surface area contributed by atoms with Crippen molar-refractivity contribution >= 4 is 23.2 Å². The molecule has 2 nitrogen and oxygen atoms in total. The van der Waals surface area contributed by atoms with Gasteiger partial charge < -0.3 is 4.74 Å². The first-order chi connectivity index (χ1) is 14.4. The van der Waals surface area contributed by atoms with Crippen LogP contribution in [-0.4, -0.2) is 24.1 Å². The highest BCUT2D eigenvalue weighted by Gasteiger charge is 2.53. The predicted molar refractivity (Wildman–Crippen MR) is 104 cm³/mol. The van der Waals surface area contributed by atoms with Gasteiger partial charge in [0.2, 0.25) is 0 Å². The fraction of sp³-hybridized carbons (Fsp3) is 0.429. The molecule has 10 heteroatoms. The Morgan fingerprint density at radius 3 is 1.81 bits per heavy atom. The van der Waals surface area contributed by atoms with Gasteiger partial charge in [-0.15, -0.1) is 0 Å². The van der Waals surface area contributed by atoms with E-state index in [9.17, 15) is 26.3 Å². The van der Waals surface area contributed by atoms with Crippen molar-refractivity contribution in [1.29, 1.82) is 0 Å². The molecule has 31 heavy (non-hydrogen) atoms. The monoisotopic (exact) mass is 483 g/mol. The van der Waals surface area contributed by atoms with Gasteiger partial charge in [0.15, 0.2) is 5.72 Å². The fourth-order valence-electron chi connectivity index (χ4n) is 4.43. The summed E-state index contributed by atoms with van der Waals surface area (Å²) in [4.78, 5) is 1.94. The number of ether oxygens (including phenoxy) is 1. The normalized spacial score (nSPS) is 21.9. The quantitative estimate of drug-likeness (QED) is 0.421. The lowest BCUT2D eigenvalue weighted by Crippen LogP contribution is -2.49. The summed E-state index contributed by atoms with van der Waals surface area (Å²) in [5, 5.41) is -0.394. The molecule has 2 saturated heterocycles. The number of nitrogens with zero attached hydrogens (tertiary/aromatic N) is 1. The average Bonchev–Trinajstić information content (AvgIpc) is 3.06. The minimum absolute atomic E-state index is 0.0505. The van der Waals surface area contributed by atoms with Crippen molar-refractivity contribution in [3.63, 3.8) is 0 Å². The molecule has 0 aliphatic carbocycles. The number of piperidine rings is 1. The number of fused-ring (bicyclic) bond motifs is 1. The molecule has 0 spiro atoms. The zero-order valence-corrected chi connectivity index (χ0v) is 17.5. The predicted octanol–water partition coefficient (Wildman–Crippen LogP) is 7.12. The van der Waals surface area contributed by atoms with Crippen molar-refractivity contribution < 1.29 is 31.1 Å². The highest BCUT2D eigenvalue weighted by molar-refractivity contribution is 6.32. The van der Waals surface area contributed by atoms with Crippen LogP contribution in [0.4, 0.5) is 26.3 Å². The van der Waals surface area contributed by atoms with E-state index in [0.717, 1.165) is 43.5 Å². The Morgan fingerprint density at radius 1 is 0.839 bits per heavy atom. The van der Waals surface area contributed by atoms with Crippen LogP contribution in [0.1, 0.15) is 41.5 Å². The van der Waals surface area contributed by atoms with Crippen molar-refractivity contribution in [3.05, 3.63) is 68.7 Å². The van der Waals surface area contributed by atoms with E-state index in [1.165, 1.54) is 12.1 Å². The van der Waals surface area contributed by atoms with Crippen LogP contribution in [0.15, 0.2) is 36.4 Å². The van der Waals surface area contributed by atoms with Crippen LogP contribution in [0, 0.1) is 0 Å². The number of hydrogen-bond acceptors (Lipinski definition) is 2. The lowest BCUT2D eigenvalue weighted by atomic mass is 9.89. The van der Waals surface area contributed by atoms with E-state index in [0.29, 0.717) is 6.54 Å². The van der Waals surface area contributed by atoms with E-state index in [4.69, 9.17) is 27.9 Å². The molecule has 1 unspecified atom stereocenters. The van der Waals surface area contributed by atoms with Crippen LogP contribution in [0.25, 0.3) is 0 Å². The first-order valence-electron chi connectivity index (χ1n) is 9.60. The highest BCUT2D eigenvalue weighted by Crippen LogP contribution is 2.51. The third-order valence-electron chi connectivity index (χ3n) is 5.84. The minimum atomic E-state index is -4.59. The summed E-state index contributed by atoms with van der Waals surface area (Å²) in [6.45, 7) is 0.800. The van der Waals surface area contributed by atoms with Gasteiger partial charge in [-0.2, -0.15) is 26.3 Å². The third kappa shape index (κ3) is 3.92. The van der Waals surface area contributed by atoms with Crippen LogP contribution in [0.3, 0.4) is 0 Å². The molecule has 2 aromatic carbocycles. The van der Waals surface area contributed by atoms with Crippen molar-refractivity contribution in [2.45, 2.75) is 43.4 Å². The summed E-state index contributed by atoms with van der Waals surface area (Å²) < 4.78 is 85.1. The number of alkyl halides is 6. The minimum Gasteiger partial charge on any atom is -0.350 e. The number of hydrogen-bond donors (Lipinski definition) is 0. The Labute approximate surface area is 184 Å². The molecule has 0 N–H and O–H groups in total. The molecular formula is C21H17Cl2F6NO. The zero-order valence-electron chi connectivity index (χ0n) is 16.0. The molecule has 0 radical (unpaired) electrons. The third-order valence-corrected chi connectivity index (χ3v) is 6.46. The Kier molecular flexibility index (Phi) is 5.74. The molecule has 2 aliphatic heterocycles. The molecule has 1 atom stereocenters. The molecule has 2 heterocycles. The molecular weight excluding hydrogens is 467 g/mol. The highest BCUT2D eigenvalue weighted by atomic mass is 35.5. The molecule has 2 aromatic rings. The van der Waals surface area contributed by atoms with E-state index in [2.05, 4.69) is 0 Å². The zero-order chi connectivity index (χ0) is 22.6. The van der Waals surface area contributed by atoms with E-state index >= 15 is 0 Å². The standard InChI is InChI=1S/C21H17Cl2F6NO/c22-17-9-12(20(24,25)26)4-6-15(17)19(30-8-2-1-3-14(30)11-31-19)16-7-5-13(10-18(16)23)21(27,28)29/h4-7,9-10,14H,1-3,8,11H2. The molecule has 0 aromatic heterocycles. The fourth-order valence-corrected chi connectivity index (χ4v) is 5.05. The summed E-state index contributed by atoms with van der Waals surface area (Å²) >= 11 is 12.6. The second-order valence-corrected chi connectivity index (χ2v) is 8.50. The van der Waals surface area contributed by atoms with Gasteiger partial charge >= 0.3 is 12.4 Å². The van der Waals surface area contributed by atoms with Crippen molar-refractivity contribution in [1.82, 2.24) is 4.90 Å². The number of rotatable bonds is 2. The Balaban J connectivity index is 1.91. The van der Waals surface area contributed by atoms with E-state index < -0.39 is 29.2 Å². The summed E-state index contributed by atoms with van der Waals surface area (Å²) in [5.41, 5.74) is -2.90. The molecule has 0 saturated carbocycles. The second-order valence-electron chi connectivity index (χ2n) is 7.68. The first-order valence-corrected chi connectivity index (χ1v) is 10.4. The van der Waals surface area contributed by atoms with Crippen LogP contribution in [-0.2, 0) is 22.8 Å². The van der Waals surface area contributed by atoms with Gasteiger partial charge in [0.05, 0.1) is 17.7 Å². The van der Waals surface area contributed by atoms with Gasteiger partial charge in [-0.3, -0.25) is 4.90 Å². The van der Waals surface area contributed by atoms with E-state index in [1.807, 2.05) is 4.90 Å². The van der Waals surface area contributed by atoms with E-state index in [1.54, 1.807) is 0 Å². The smallest absolute Gasteiger partial charge is 0.350 e. The van der Waals surface area contributed by atoms with Crippen molar-refractivity contribution in [3.8, 4) is 0 Å². The van der Waals surface area contributed by atoms with Gasteiger partial charge in [-0.05, 0) is 37.1 Å². The Morgan fingerprint density at radius 2 is 1.35 bits per heavy atom. The summed E-state index contributed by atoms with van der Waals surface area (Å²) in [5.74, 6) is 0. The number of benzene rings is 2. The maximum atomic E-state index is 13.2. The average molecular weight is 484 g/mol. The van der Waals surface area contributed by atoms with Crippen LogP contribution in [0.2, 0.25) is 10.0 Å². The summed E-state index contributed by atoms with van der Waals surface area (Å²) in [7, 11) is 0. The van der Waals surface area contributed by atoms with E-state index in [-0.39, 0.29) is 33.8 Å². The first kappa shape index (κ1) is 22.7.